The second-order valence-electron chi connectivity index (χ2n) is 4.57. The molecule has 0 bridgehead atoms. The van der Waals surface area contributed by atoms with Gasteiger partial charge in [0.1, 0.15) is 16.7 Å². The van der Waals surface area contributed by atoms with Crippen LogP contribution in [0.25, 0.3) is 0 Å². The molecular formula is C13H13ClN6O. The van der Waals surface area contributed by atoms with E-state index in [9.17, 15) is 4.79 Å². The van der Waals surface area contributed by atoms with Crippen LogP contribution in [0.2, 0.25) is 5.15 Å². The van der Waals surface area contributed by atoms with E-state index in [0.29, 0.717) is 26.2 Å². The molecule has 1 aliphatic rings. The highest BCUT2D eigenvalue weighted by Gasteiger charge is 2.23. The van der Waals surface area contributed by atoms with E-state index < -0.39 is 0 Å². The van der Waals surface area contributed by atoms with Gasteiger partial charge in [0.15, 0.2) is 0 Å². The smallest absolute Gasteiger partial charge is 0.274 e. The third kappa shape index (κ3) is 3.08. The first-order valence-electron chi connectivity index (χ1n) is 6.52. The molecule has 0 radical (unpaired) electrons. The number of aromatic nitrogens is 4. The highest BCUT2D eigenvalue weighted by molar-refractivity contribution is 6.29. The largest absolute Gasteiger partial charge is 0.352 e. The first kappa shape index (κ1) is 13.7. The van der Waals surface area contributed by atoms with Gasteiger partial charge in [-0.25, -0.2) is 9.97 Å². The number of piperazine rings is 1. The van der Waals surface area contributed by atoms with E-state index >= 15 is 0 Å². The second-order valence-corrected chi connectivity index (χ2v) is 4.96. The van der Waals surface area contributed by atoms with Gasteiger partial charge in [0.25, 0.3) is 5.91 Å². The predicted molar refractivity (Wildman–Crippen MR) is 77.2 cm³/mol. The van der Waals surface area contributed by atoms with E-state index in [1.165, 1.54) is 12.4 Å². The molecule has 3 heterocycles. The number of amides is 1. The lowest BCUT2D eigenvalue weighted by Crippen LogP contribution is -2.49. The molecule has 0 aromatic carbocycles. The van der Waals surface area contributed by atoms with Gasteiger partial charge < -0.3 is 9.80 Å². The average Bonchev–Trinajstić information content (AvgIpc) is 2.55. The molecule has 0 saturated carbocycles. The molecule has 0 N–H and O–H groups in total. The number of hydrogen-bond acceptors (Lipinski definition) is 6. The molecule has 0 aliphatic carbocycles. The van der Waals surface area contributed by atoms with Crippen LogP contribution in [0.3, 0.4) is 0 Å². The van der Waals surface area contributed by atoms with E-state index in [-0.39, 0.29) is 16.8 Å². The highest BCUT2D eigenvalue weighted by atomic mass is 35.5. The van der Waals surface area contributed by atoms with Gasteiger partial charge in [0, 0.05) is 38.6 Å². The summed E-state index contributed by atoms with van der Waals surface area (Å²) in [5, 5.41) is 0.221. The molecule has 3 rings (SSSR count). The number of carbonyl (C=O) groups excluding carboxylic acids is 1. The third-order valence-corrected chi connectivity index (χ3v) is 3.45. The number of nitrogens with zero attached hydrogens (tertiary/aromatic N) is 6. The third-order valence-electron chi connectivity index (χ3n) is 3.26. The Hall–Kier alpha value is -2.28. The molecule has 2 aromatic heterocycles. The zero-order valence-corrected chi connectivity index (χ0v) is 11.9. The monoisotopic (exact) mass is 304 g/mol. The lowest BCUT2D eigenvalue weighted by Gasteiger charge is -2.34. The Kier molecular flexibility index (Phi) is 3.92. The van der Waals surface area contributed by atoms with Gasteiger partial charge in [0.2, 0.25) is 0 Å². The van der Waals surface area contributed by atoms with Crippen LogP contribution in [0.1, 0.15) is 10.5 Å². The van der Waals surface area contributed by atoms with Crippen molar-refractivity contribution in [3.8, 4) is 0 Å². The SMILES string of the molecule is O=C(c1cncc(Cl)n1)N1CCN(c2cnccn2)CC1. The average molecular weight is 305 g/mol. The maximum atomic E-state index is 12.3. The summed E-state index contributed by atoms with van der Waals surface area (Å²) in [6.45, 7) is 2.62. The molecule has 1 aliphatic heterocycles. The zero-order valence-electron chi connectivity index (χ0n) is 11.2. The first-order chi connectivity index (χ1) is 10.2. The molecule has 0 spiro atoms. The quantitative estimate of drug-likeness (QED) is 0.820. The van der Waals surface area contributed by atoms with Crippen LogP contribution in [0.15, 0.2) is 31.0 Å². The minimum Gasteiger partial charge on any atom is -0.352 e. The molecule has 1 saturated heterocycles. The molecule has 21 heavy (non-hydrogen) atoms. The Morgan fingerprint density at radius 3 is 2.52 bits per heavy atom. The molecule has 2 aromatic rings. The van der Waals surface area contributed by atoms with Crippen LogP contribution in [0.4, 0.5) is 5.82 Å². The molecule has 1 amide bonds. The predicted octanol–water partition coefficient (Wildman–Crippen LogP) is 0.882. The molecule has 108 valence electrons. The van der Waals surface area contributed by atoms with E-state index in [1.807, 2.05) is 0 Å². The van der Waals surface area contributed by atoms with E-state index in [0.717, 1.165) is 5.82 Å². The van der Waals surface area contributed by atoms with Crippen molar-refractivity contribution in [3.63, 3.8) is 0 Å². The maximum Gasteiger partial charge on any atom is 0.274 e. The molecule has 1 fully saturated rings. The van der Waals surface area contributed by atoms with Crippen LogP contribution in [-0.4, -0.2) is 56.9 Å². The number of hydrogen-bond donors (Lipinski definition) is 0. The number of carbonyl (C=O) groups is 1. The summed E-state index contributed by atoms with van der Waals surface area (Å²) in [5.41, 5.74) is 0.274. The minimum atomic E-state index is -0.149. The normalized spacial score (nSPS) is 15.1. The standard InChI is InChI=1S/C13H13ClN6O/c14-11-8-16-7-10(18-11)13(21)20-5-3-19(4-6-20)12-9-15-1-2-17-12/h1-2,7-9H,3-6H2. The highest BCUT2D eigenvalue weighted by Crippen LogP contribution is 2.13. The lowest BCUT2D eigenvalue weighted by atomic mass is 10.3. The Labute approximate surface area is 126 Å². The van der Waals surface area contributed by atoms with Crippen molar-refractivity contribution in [1.29, 1.82) is 0 Å². The van der Waals surface area contributed by atoms with E-state index in [2.05, 4.69) is 24.8 Å². The van der Waals surface area contributed by atoms with Crippen molar-refractivity contribution in [2.45, 2.75) is 0 Å². The van der Waals surface area contributed by atoms with Crippen LogP contribution in [-0.2, 0) is 0 Å². The van der Waals surface area contributed by atoms with Gasteiger partial charge in [0.05, 0.1) is 18.6 Å². The Morgan fingerprint density at radius 2 is 1.86 bits per heavy atom. The molecular weight excluding hydrogens is 292 g/mol. The van der Waals surface area contributed by atoms with E-state index in [1.54, 1.807) is 23.5 Å². The van der Waals surface area contributed by atoms with E-state index in [4.69, 9.17) is 11.6 Å². The molecule has 0 atom stereocenters. The number of halogens is 1. The second kappa shape index (κ2) is 6.01. The molecule has 8 heteroatoms. The topological polar surface area (TPSA) is 75.1 Å². The van der Waals surface area contributed by atoms with Crippen molar-refractivity contribution in [3.05, 3.63) is 41.8 Å². The van der Waals surface area contributed by atoms with Crippen LogP contribution in [0, 0.1) is 0 Å². The Balaban J connectivity index is 1.64. The van der Waals surface area contributed by atoms with Crippen molar-refractivity contribution < 1.29 is 4.79 Å². The lowest BCUT2D eigenvalue weighted by molar-refractivity contribution is 0.0740. The zero-order chi connectivity index (χ0) is 14.7. The Morgan fingerprint density at radius 1 is 1.05 bits per heavy atom. The maximum absolute atomic E-state index is 12.3. The summed E-state index contributed by atoms with van der Waals surface area (Å²) in [7, 11) is 0. The van der Waals surface area contributed by atoms with Gasteiger partial charge in [-0.3, -0.25) is 14.8 Å². The summed E-state index contributed by atoms with van der Waals surface area (Å²) in [6, 6.07) is 0. The molecule has 0 unspecified atom stereocenters. The summed E-state index contributed by atoms with van der Waals surface area (Å²) in [6.07, 6.45) is 7.86. The Bertz CT molecular complexity index is 630. The fraction of sp³-hybridized carbons (Fsp3) is 0.308. The minimum absolute atomic E-state index is 0.149. The summed E-state index contributed by atoms with van der Waals surface area (Å²) < 4.78 is 0. The summed E-state index contributed by atoms with van der Waals surface area (Å²) in [4.78, 5) is 32.4. The van der Waals surface area contributed by atoms with Crippen LogP contribution in [0.5, 0.6) is 0 Å². The van der Waals surface area contributed by atoms with Gasteiger partial charge in [-0.1, -0.05) is 11.6 Å². The number of rotatable bonds is 2. The summed E-state index contributed by atoms with van der Waals surface area (Å²) in [5.74, 6) is 0.677. The fourth-order valence-electron chi connectivity index (χ4n) is 2.20. The molecule has 7 nitrogen and oxygen atoms in total. The van der Waals surface area contributed by atoms with Gasteiger partial charge in [-0.15, -0.1) is 0 Å². The van der Waals surface area contributed by atoms with Gasteiger partial charge in [-0.05, 0) is 0 Å². The van der Waals surface area contributed by atoms with Crippen molar-refractivity contribution >= 4 is 23.3 Å². The van der Waals surface area contributed by atoms with Crippen LogP contribution < -0.4 is 4.90 Å². The van der Waals surface area contributed by atoms with Crippen molar-refractivity contribution in [2.24, 2.45) is 0 Å². The fourth-order valence-corrected chi connectivity index (χ4v) is 2.35. The first-order valence-corrected chi connectivity index (χ1v) is 6.89. The van der Waals surface area contributed by atoms with Crippen LogP contribution >= 0.6 is 11.6 Å². The van der Waals surface area contributed by atoms with Gasteiger partial charge >= 0.3 is 0 Å². The van der Waals surface area contributed by atoms with Crippen molar-refractivity contribution in [1.82, 2.24) is 24.8 Å². The van der Waals surface area contributed by atoms with Gasteiger partial charge in [-0.2, -0.15) is 0 Å². The van der Waals surface area contributed by atoms with Crippen molar-refractivity contribution in [2.75, 3.05) is 31.1 Å². The summed E-state index contributed by atoms with van der Waals surface area (Å²) >= 11 is 5.76. The number of anilines is 1.